The van der Waals surface area contributed by atoms with Gasteiger partial charge in [0.1, 0.15) is 0 Å². The zero-order valence-electron chi connectivity index (χ0n) is 15.9. The minimum absolute atomic E-state index is 0.0199. The number of methoxy groups -OCH3 is 1. The lowest BCUT2D eigenvalue weighted by Crippen LogP contribution is -2.20. The van der Waals surface area contributed by atoms with Gasteiger partial charge in [-0.2, -0.15) is 0 Å². The number of halogens is 1. The molecule has 0 saturated heterocycles. The lowest BCUT2D eigenvalue weighted by atomic mass is 10.3. The smallest absolute Gasteiger partial charge is 0.290 e. The van der Waals surface area contributed by atoms with Crippen LogP contribution in [0.2, 0.25) is 5.02 Å². The summed E-state index contributed by atoms with van der Waals surface area (Å²) in [6, 6.07) is 15.2. The zero-order chi connectivity index (χ0) is 21.5. The Kier molecular flexibility index (Phi) is 5.27. The summed E-state index contributed by atoms with van der Waals surface area (Å²) in [7, 11) is 1.49. The third kappa shape index (κ3) is 3.63. The molecule has 0 bridgehead atoms. The van der Waals surface area contributed by atoms with Crippen LogP contribution in [0.3, 0.4) is 0 Å². The van der Waals surface area contributed by atoms with Crippen LogP contribution in [0, 0.1) is 4.84 Å². The number of thiazole rings is 1. The fraction of sp³-hybridized carbons (Fsp3) is 0.0476. The van der Waals surface area contributed by atoms with Crippen LogP contribution in [0.5, 0.6) is 5.75 Å². The predicted octanol–water partition coefficient (Wildman–Crippen LogP) is 6.13. The first-order valence-electron chi connectivity index (χ1n) is 8.97. The van der Waals surface area contributed by atoms with Gasteiger partial charge in [-0.15, -0.1) is 0 Å². The molecule has 3 aromatic heterocycles. The number of aromatic nitrogens is 3. The van der Waals surface area contributed by atoms with E-state index in [9.17, 15) is 4.79 Å². The monoisotopic (exact) mass is 485 g/mol. The molecule has 0 aliphatic rings. The standard InChI is InChI=1S/C21H12ClN3O3S3/c1-27-14-8-9-23-17-18(14)28-21(29)25(19(17)26)20-24-13-7-6-11(10-16(13)31-20)30-15-5-3-2-4-12(15)22/h2-10H,1H3. The molecule has 10 heteroatoms. The first kappa shape index (κ1) is 20.2. The van der Waals surface area contributed by atoms with Gasteiger partial charge in [-0.05, 0) is 42.5 Å². The highest BCUT2D eigenvalue weighted by Crippen LogP contribution is 2.36. The molecule has 0 unspecified atom stereocenters. The van der Waals surface area contributed by atoms with E-state index in [1.807, 2.05) is 42.5 Å². The third-order valence-corrected chi connectivity index (χ3v) is 7.25. The van der Waals surface area contributed by atoms with Crippen LogP contribution < -0.4 is 10.3 Å². The van der Waals surface area contributed by atoms with Gasteiger partial charge in [0.05, 0.1) is 22.3 Å². The van der Waals surface area contributed by atoms with Crippen molar-refractivity contribution >= 4 is 68.2 Å². The van der Waals surface area contributed by atoms with Gasteiger partial charge in [-0.25, -0.2) is 14.5 Å². The van der Waals surface area contributed by atoms with Crippen molar-refractivity contribution in [3.8, 4) is 10.9 Å². The van der Waals surface area contributed by atoms with Crippen molar-refractivity contribution in [2.24, 2.45) is 0 Å². The summed E-state index contributed by atoms with van der Waals surface area (Å²) in [5.41, 5.74) is 0.691. The molecule has 0 aliphatic heterocycles. The fourth-order valence-corrected chi connectivity index (χ4v) is 5.55. The molecule has 0 aliphatic carbocycles. The largest absolute Gasteiger partial charge is 0.493 e. The van der Waals surface area contributed by atoms with Crippen molar-refractivity contribution < 1.29 is 9.15 Å². The molecule has 3 heterocycles. The van der Waals surface area contributed by atoms with Crippen LogP contribution in [-0.2, 0) is 0 Å². The van der Waals surface area contributed by atoms with E-state index >= 15 is 0 Å². The fourth-order valence-electron chi connectivity index (χ4n) is 3.04. The molecule has 5 rings (SSSR count). The Balaban J connectivity index is 1.61. The molecule has 0 saturated carbocycles. The van der Waals surface area contributed by atoms with E-state index in [0.717, 1.165) is 20.0 Å². The third-order valence-electron chi connectivity index (χ3n) is 4.47. The predicted molar refractivity (Wildman–Crippen MR) is 126 cm³/mol. The molecule has 31 heavy (non-hydrogen) atoms. The second-order valence-corrected chi connectivity index (χ2v) is 9.24. The van der Waals surface area contributed by atoms with E-state index in [0.29, 0.717) is 15.9 Å². The van der Waals surface area contributed by atoms with E-state index in [1.165, 1.54) is 29.2 Å². The van der Waals surface area contributed by atoms with Gasteiger partial charge in [-0.1, -0.05) is 46.8 Å². The van der Waals surface area contributed by atoms with Crippen molar-refractivity contribution in [2.45, 2.75) is 9.79 Å². The Morgan fingerprint density at radius 1 is 1.23 bits per heavy atom. The van der Waals surface area contributed by atoms with E-state index in [4.69, 9.17) is 33.0 Å². The molecular formula is C21H12ClN3O3S3. The summed E-state index contributed by atoms with van der Waals surface area (Å²) in [5.74, 6) is 0.394. The first-order chi connectivity index (χ1) is 15.0. The molecular weight excluding hydrogens is 474 g/mol. The van der Waals surface area contributed by atoms with Crippen LogP contribution >= 0.6 is 46.9 Å². The lowest BCUT2D eigenvalue weighted by molar-refractivity contribution is 0.404. The number of hydrogen-bond donors (Lipinski definition) is 0. The highest BCUT2D eigenvalue weighted by molar-refractivity contribution is 7.99. The molecule has 0 radical (unpaired) electrons. The highest BCUT2D eigenvalue weighted by atomic mass is 35.5. The number of benzene rings is 2. The number of hydrogen-bond acceptors (Lipinski definition) is 8. The molecule has 154 valence electrons. The van der Waals surface area contributed by atoms with Gasteiger partial charge in [0.15, 0.2) is 11.3 Å². The Hall–Kier alpha value is -2.72. The average molecular weight is 486 g/mol. The summed E-state index contributed by atoms with van der Waals surface area (Å²) in [4.78, 5) is 23.8. The minimum Gasteiger partial charge on any atom is -0.493 e. The van der Waals surface area contributed by atoms with Crippen LogP contribution in [0.4, 0.5) is 0 Å². The molecule has 0 amide bonds. The summed E-state index contributed by atoms with van der Waals surface area (Å²) < 4.78 is 13.1. The molecule has 0 spiro atoms. The summed E-state index contributed by atoms with van der Waals surface area (Å²) >= 11 is 14.5. The maximum absolute atomic E-state index is 13.1. The normalized spacial score (nSPS) is 11.3. The average Bonchev–Trinajstić information content (AvgIpc) is 3.18. The Bertz CT molecular complexity index is 1580. The molecule has 2 aromatic carbocycles. The Morgan fingerprint density at radius 2 is 2.06 bits per heavy atom. The van der Waals surface area contributed by atoms with Crippen molar-refractivity contribution in [2.75, 3.05) is 7.11 Å². The number of nitrogens with zero attached hydrogens (tertiary/aromatic N) is 3. The number of ether oxygens (including phenoxy) is 1. The van der Waals surface area contributed by atoms with Gasteiger partial charge >= 0.3 is 0 Å². The highest BCUT2D eigenvalue weighted by Gasteiger charge is 2.17. The zero-order valence-corrected chi connectivity index (χ0v) is 19.1. The van der Waals surface area contributed by atoms with Crippen molar-refractivity contribution in [3.63, 3.8) is 0 Å². The van der Waals surface area contributed by atoms with Gasteiger partial charge in [0.25, 0.3) is 10.4 Å². The van der Waals surface area contributed by atoms with E-state index < -0.39 is 5.56 Å². The lowest BCUT2D eigenvalue weighted by Gasteiger charge is -2.05. The molecule has 5 aromatic rings. The van der Waals surface area contributed by atoms with Crippen LogP contribution in [0.1, 0.15) is 0 Å². The molecule has 6 nitrogen and oxygen atoms in total. The van der Waals surface area contributed by atoms with Gasteiger partial charge in [-0.3, -0.25) is 4.79 Å². The van der Waals surface area contributed by atoms with Gasteiger partial charge < -0.3 is 9.15 Å². The van der Waals surface area contributed by atoms with Crippen molar-refractivity contribution in [1.29, 1.82) is 0 Å². The Labute approximate surface area is 194 Å². The maximum Gasteiger partial charge on any atom is 0.290 e. The second-order valence-electron chi connectivity index (χ2n) is 6.36. The molecule has 0 atom stereocenters. The minimum atomic E-state index is -0.408. The molecule has 0 fully saturated rings. The van der Waals surface area contributed by atoms with E-state index in [1.54, 1.807) is 17.8 Å². The number of pyridine rings is 1. The number of fused-ring (bicyclic) bond motifs is 2. The summed E-state index contributed by atoms with van der Waals surface area (Å²) in [6.45, 7) is 0. The van der Waals surface area contributed by atoms with Crippen molar-refractivity contribution in [3.05, 3.63) is 74.9 Å². The topological polar surface area (TPSA) is 70.2 Å². The van der Waals surface area contributed by atoms with Gasteiger partial charge in [0, 0.05) is 22.1 Å². The first-order valence-corrected chi connectivity index (χ1v) is 11.4. The van der Waals surface area contributed by atoms with Crippen LogP contribution in [0.15, 0.2) is 73.7 Å². The number of rotatable bonds is 4. The van der Waals surface area contributed by atoms with Crippen LogP contribution in [-0.4, -0.2) is 21.6 Å². The molecule has 0 N–H and O–H groups in total. The van der Waals surface area contributed by atoms with E-state index in [2.05, 4.69) is 9.97 Å². The van der Waals surface area contributed by atoms with E-state index in [-0.39, 0.29) is 15.9 Å². The maximum atomic E-state index is 13.1. The second kappa shape index (κ2) is 8.08. The summed E-state index contributed by atoms with van der Waals surface area (Å²) in [6.07, 6.45) is 1.49. The summed E-state index contributed by atoms with van der Waals surface area (Å²) in [5, 5.41) is 1.11. The van der Waals surface area contributed by atoms with Gasteiger partial charge in [0.2, 0.25) is 10.7 Å². The van der Waals surface area contributed by atoms with Crippen LogP contribution in [0.25, 0.3) is 26.4 Å². The quantitative estimate of drug-likeness (QED) is 0.283. The SMILES string of the molecule is COc1ccnc2c(=O)n(-c3nc4ccc(Sc5ccccc5Cl)cc4s3)c(=S)oc12. The van der Waals surface area contributed by atoms with Crippen molar-refractivity contribution in [1.82, 2.24) is 14.5 Å². The Morgan fingerprint density at radius 3 is 2.87 bits per heavy atom.